The van der Waals surface area contributed by atoms with E-state index in [9.17, 15) is 14.4 Å². The Morgan fingerprint density at radius 2 is 0.476 bits per heavy atom. The molecular weight excluding hydrogens is 1010 g/mol. The first kappa shape index (κ1) is 78.1. The van der Waals surface area contributed by atoms with Crippen molar-refractivity contribution < 1.29 is 28.6 Å². The zero-order valence-corrected chi connectivity index (χ0v) is 54.0. The van der Waals surface area contributed by atoms with E-state index in [0.717, 1.165) is 122 Å². The van der Waals surface area contributed by atoms with E-state index in [0.29, 0.717) is 19.3 Å². The Labute approximate surface area is 508 Å². The van der Waals surface area contributed by atoms with Crippen LogP contribution in [0, 0.1) is 0 Å². The Kier molecular flexibility index (Phi) is 66.2. The molecule has 82 heavy (non-hydrogen) atoms. The van der Waals surface area contributed by atoms with Gasteiger partial charge in [0, 0.05) is 19.3 Å². The van der Waals surface area contributed by atoms with E-state index < -0.39 is 6.10 Å². The zero-order valence-electron chi connectivity index (χ0n) is 54.0. The molecule has 0 rings (SSSR count). The molecule has 0 heterocycles. The van der Waals surface area contributed by atoms with Gasteiger partial charge in [0.15, 0.2) is 6.10 Å². The van der Waals surface area contributed by atoms with Crippen LogP contribution in [0.2, 0.25) is 0 Å². The molecule has 0 aromatic rings. The molecule has 470 valence electrons. The topological polar surface area (TPSA) is 78.9 Å². The lowest BCUT2D eigenvalue weighted by molar-refractivity contribution is -0.167. The Bertz CT molecular complexity index is 1640. The second kappa shape index (κ2) is 69.6. The Balaban J connectivity index is 4.30. The second-order valence-corrected chi connectivity index (χ2v) is 23.1. The molecular formula is C76H130O6. The maximum atomic E-state index is 12.9. The molecule has 0 saturated heterocycles. The van der Waals surface area contributed by atoms with Crippen molar-refractivity contribution in [2.75, 3.05) is 13.2 Å². The molecule has 0 aliphatic heterocycles. The van der Waals surface area contributed by atoms with E-state index in [1.807, 2.05) is 0 Å². The van der Waals surface area contributed by atoms with Crippen molar-refractivity contribution in [2.45, 2.75) is 341 Å². The molecule has 0 fully saturated rings. The summed E-state index contributed by atoms with van der Waals surface area (Å²) in [6.45, 7) is 6.52. The lowest BCUT2D eigenvalue weighted by Crippen LogP contribution is -2.30. The van der Waals surface area contributed by atoms with Gasteiger partial charge < -0.3 is 14.2 Å². The van der Waals surface area contributed by atoms with Gasteiger partial charge in [0.1, 0.15) is 13.2 Å². The number of allylic oxidation sites excluding steroid dienone is 18. The molecule has 0 aromatic carbocycles. The summed E-state index contributed by atoms with van der Waals surface area (Å²) in [6.07, 6.45) is 95.4. The fraction of sp³-hybridized carbons (Fsp3) is 0.724. The standard InChI is InChI=1S/C76H130O6/c1-4-7-10-13-16-19-22-25-27-29-31-33-35-36-37-38-39-40-42-43-45-47-49-51-54-57-60-63-66-69-75(78)81-72-73(71-80-74(77)68-65-62-59-56-53-24-21-18-15-12-9-6-3)82-76(79)70-67-64-61-58-55-52-50-48-46-44-41-34-32-30-28-26-23-20-17-14-11-8-5-2/h8,11,17,20,22,25-26,28-29,31-32,34-36,44,46,50,52,73H,4-7,9-10,12-16,18-19,21,23-24,27,30,33,37-43,45,47-49,51,53-72H2,1-3H3/b11-8-,20-17-,25-22-,28-26-,31-29-,34-32-,36-35-,46-44-,52-50-. The van der Waals surface area contributed by atoms with Crippen LogP contribution in [-0.2, 0) is 28.6 Å². The summed E-state index contributed by atoms with van der Waals surface area (Å²) in [7, 11) is 0. The van der Waals surface area contributed by atoms with Crippen LogP contribution in [0.1, 0.15) is 335 Å². The number of unbranched alkanes of at least 4 members (excludes halogenated alkanes) is 34. The van der Waals surface area contributed by atoms with E-state index in [-0.39, 0.29) is 31.1 Å². The summed E-state index contributed by atoms with van der Waals surface area (Å²) in [4.78, 5) is 38.4. The minimum atomic E-state index is -0.793. The van der Waals surface area contributed by atoms with Crippen molar-refractivity contribution >= 4 is 17.9 Å². The van der Waals surface area contributed by atoms with Gasteiger partial charge in [-0.2, -0.15) is 0 Å². The van der Waals surface area contributed by atoms with Crippen molar-refractivity contribution in [1.82, 2.24) is 0 Å². The molecule has 1 unspecified atom stereocenters. The highest BCUT2D eigenvalue weighted by Gasteiger charge is 2.19. The predicted octanol–water partition coefficient (Wildman–Crippen LogP) is 24.2. The number of rotatable bonds is 63. The lowest BCUT2D eigenvalue weighted by Gasteiger charge is -2.18. The molecule has 0 bridgehead atoms. The number of esters is 3. The molecule has 6 nitrogen and oxygen atoms in total. The van der Waals surface area contributed by atoms with Crippen LogP contribution in [0.25, 0.3) is 0 Å². The number of carbonyl (C=O) groups is 3. The maximum absolute atomic E-state index is 12.9. The van der Waals surface area contributed by atoms with Gasteiger partial charge in [-0.15, -0.1) is 0 Å². The number of hydrogen-bond donors (Lipinski definition) is 0. The highest BCUT2D eigenvalue weighted by molar-refractivity contribution is 5.71. The van der Waals surface area contributed by atoms with Gasteiger partial charge >= 0.3 is 17.9 Å². The molecule has 0 saturated carbocycles. The molecule has 0 aliphatic carbocycles. The van der Waals surface area contributed by atoms with E-state index in [2.05, 4.69) is 130 Å². The van der Waals surface area contributed by atoms with Crippen molar-refractivity contribution in [1.29, 1.82) is 0 Å². The summed E-state index contributed by atoms with van der Waals surface area (Å²) in [5, 5.41) is 0. The third-order valence-corrected chi connectivity index (χ3v) is 15.0. The smallest absolute Gasteiger partial charge is 0.306 e. The Morgan fingerprint density at radius 1 is 0.256 bits per heavy atom. The van der Waals surface area contributed by atoms with Crippen LogP contribution >= 0.6 is 0 Å². The fourth-order valence-electron chi connectivity index (χ4n) is 9.81. The molecule has 0 aromatic heterocycles. The van der Waals surface area contributed by atoms with Gasteiger partial charge in [-0.05, 0) is 109 Å². The first-order chi connectivity index (χ1) is 40.5. The van der Waals surface area contributed by atoms with E-state index >= 15 is 0 Å². The zero-order chi connectivity index (χ0) is 59.2. The van der Waals surface area contributed by atoms with Crippen LogP contribution in [-0.4, -0.2) is 37.2 Å². The monoisotopic (exact) mass is 1140 g/mol. The number of ether oxygens (including phenoxy) is 3. The molecule has 6 heteroatoms. The predicted molar refractivity (Wildman–Crippen MR) is 357 cm³/mol. The van der Waals surface area contributed by atoms with Gasteiger partial charge in [0.25, 0.3) is 0 Å². The Hall–Kier alpha value is -3.93. The van der Waals surface area contributed by atoms with Crippen LogP contribution in [0.4, 0.5) is 0 Å². The molecule has 1 atom stereocenters. The summed E-state index contributed by atoms with van der Waals surface area (Å²) < 4.78 is 16.9. The summed E-state index contributed by atoms with van der Waals surface area (Å²) in [5.74, 6) is -0.900. The first-order valence-corrected chi connectivity index (χ1v) is 34.9. The third-order valence-electron chi connectivity index (χ3n) is 15.0. The summed E-state index contributed by atoms with van der Waals surface area (Å²) in [5.41, 5.74) is 0. The largest absolute Gasteiger partial charge is 0.462 e. The van der Waals surface area contributed by atoms with Crippen LogP contribution in [0.5, 0.6) is 0 Å². The van der Waals surface area contributed by atoms with Crippen molar-refractivity contribution in [3.63, 3.8) is 0 Å². The number of hydrogen-bond acceptors (Lipinski definition) is 6. The minimum Gasteiger partial charge on any atom is -0.462 e. The van der Waals surface area contributed by atoms with Crippen molar-refractivity contribution in [3.05, 3.63) is 109 Å². The van der Waals surface area contributed by atoms with E-state index in [4.69, 9.17) is 14.2 Å². The average molecular weight is 1140 g/mol. The first-order valence-electron chi connectivity index (χ1n) is 34.9. The van der Waals surface area contributed by atoms with Crippen LogP contribution in [0.15, 0.2) is 109 Å². The normalized spacial score (nSPS) is 12.8. The quantitative estimate of drug-likeness (QED) is 0.0261. The van der Waals surface area contributed by atoms with Gasteiger partial charge in [0.2, 0.25) is 0 Å². The van der Waals surface area contributed by atoms with Crippen molar-refractivity contribution in [2.24, 2.45) is 0 Å². The van der Waals surface area contributed by atoms with Gasteiger partial charge in [-0.3, -0.25) is 14.4 Å². The number of carbonyl (C=O) groups excluding carboxylic acids is 3. The van der Waals surface area contributed by atoms with E-state index in [1.165, 1.54) is 173 Å². The van der Waals surface area contributed by atoms with Gasteiger partial charge in [0.05, 0.1) is 0 Å². The molecule has 0 spiro atoms. The Morgan fingerprint density at radius 3 is 0.744 bits per heavy atom. The highest BCUT2D eigenvalue weighted by Crippen LogP contribution is 2.17. The van der Waals surface area contributed by atoms with Crippen molar-refractivity contribution in [3.8, 4) is 0 Å². The molecule has 0 aliphatic rings. The average Bonchev–Trinajstić information content (AvgIpc) is 3.47. The maximum Gasteiger partial charge on any atom is 0.306 e. The lowest BCUT2D eigenvalue weighted by atomic mass is 10.0. The molecule has 0 radical (unpaired) electrons. The third kappa shape index (κ3) is 66.9. The van der Waals surface area contributed by atoms with Gasteiger partial charge in [-0.25, -0.2) is 0 Å². The summed E-state index contributed by atoms with van der Waals surface area (Å²) >= 11 is 0. The fourth-order valence-corrected chi connectivity index (χ4v) is 9.81. The summed E-state index contributed by atoms with van der Waals surface area (Å²) in [6, 6.07) is 0. The van der Waals surface area contributed by atoms with Crippen LogP contribution < -0.4 is 0 Å². The van der Waals surface area contributed by atoms with E-state index in [1.54, 1.807) is 0 Å². The minimum absolute atomic E-state index is 0.0864. The SMILES string of the molecule is CC/C=C\C/C=C\C/C=C\C/C=C\C/C=C\C/C=C\CCCCCCC(=O)OC(COC(=O)CCCCCCCCCCCCCC)COC(=O)CCCCCCCCCCCCCCCC/C=C\C/C=C\C/C=C\CCCCCCC. The highest BCUT2D eigenvalue weighted by atomic mass is 16.6. The van der Waals surface area contributed by atoms with Gasteiger partial charge in [-0.1, -0.05) is 316 Å². The molecule has 0 amide bonds. The van der Waals surface area contributed by atoms with Crippen LogP contribution in [0.3, 0.4) is 0 Å². The second-order valence-electron chi connectivity index (χ2n) is 23.1. The molecule has 0 N–H and O–H groups in total.